The molecule has 2 aromatic carbocycles. The summed E-state index contributed by atoms with van der Waals surface area (Å²) >= 11 is 0. The number of nitrogens with one attached hydrogen (secondary N) is 1. The van der Waals surface area contributed by atoms with Crippen molar-refractivity contribution in [2.45, 2.75) is 57.5 Å². The number of hydrogen-bond acceptors (Lipinski definition) is 3. The average Bonchev–Trinajstić information content (AvgIpc) is 2.74. The van der Waals surface area contributed by atoms with Crippen molar-refractivity contribution in [1.29, 1.82) is 0 Å². The van der Waals surface area contributed by atoms with Gasteiger partial charge in [0.05, 0.1) is 6.61 Å². The van der Waals surface area contributed by atoms with E-state index < -0.39 is 23.4 Å². The number of rotatable bonds is 7. The van der Waals surface area contributed by atoms with E-state index in [-0.39, 0.29) is 42.6 Å². The number of carbonyl (C=O) groups excluding carboxylic acids is 1. The Kier molecular flexibility index (Phi) is 7.81. The smallest absolute Gasteiger partial charge is 0.306 e. The minimum atomic E-state index is -1.47. The maximum Gasteiger partial charge on any atom is 0.306 e. The zero-order chi connectivity index (χ0) is 22.5. The summed E-state index contributed by atoms with van der Waals surface area (Å²) in [5, 5.41) is 3.56. The van der Waals surface area contributed by atoms with Gasteiger partial charge in [-0.1, -0.05) is 42.2 Å². The van der Waals surface area contributed by atoms with Gasteiger partial charge < -0.3 is 10.1 Å². The summed E-state index contributed by atoms with van der Waals surface area (Å²) in [6, 6.07) is 10.2. The summed E-state index contributed by atoms with van der Waals surface area (Å²) < 4.78 is 47.6. The van der Waals surface area contributed by atoms with Crippen molar-refractivity contribution in [1.82, 2.24) is 5.32 Å². The molecule has 1 fully saturated rings. The summed E-state index contributed by atoms with van der Waals surface area (Å²) in [5.74, 6) is -4.90. The van der Waals surface area contributed by atoms with E-state index in [0.29, 0.717) is 6.42 Å². The normalized spacial score (nSPS) is 22.2. The number of esters is 1. The Balaban J connectivity index is 1.92. The second kappa shape index (κ2) is 10.4. The van der Waals surface area contributed by atoms with E-state index in [1.807, 2.05) is 39.0 Å². The van der Waals surface area contributed by atoms with E-state index in [4.69, 9.17) is 4.74 Å². The molecular weight excluding hydrogens is 402 g/mol. The molecule has 1 saturated carbocycles. The Morgan fingerprint density at radius 3 is 2.52 bits per heavy atom. The lowest BCUT2D eigenvalue weighted by Gasteiger charge is -2.40. The van der Waals surface area contributed by atoms with Crippen LogP contribution in [0.2, 0.25) is 0 Å². The molecule has 3 unspecified atom stereocenters. The van der Waals surface area contributed by atoms with Gasteiger partial charge in [0.15, 0.2) is 17.5 Å². The minimum Gasteiger partial charge on any atom is -0.466 e. The molecule has 0 spiro atoms. The van der Waals surface area contributed by atoms with Crippen molar-refractivity contribution >= 4 is 19.3 Å². The van der Waals surface area contributed by atoms with E-state index in [9.17, 15) is 18.0 Å². The third kappa shape index (κ3) is 5.51. The summed E-state index contributed by atoms with van der Waals surface area (Å²) in [4.78, 5) is 12.2. The van der Waals surface area contributed by atoms with Crippen molar-refractivity contribution in [3.63, 3.8) is 0 Å². The van der Waals surface area contributed by atoms with Crippen LogP contribution < -0.4 is 10.8 Å². The van der Waals surface area contributed by atoms with E-state index in [2.05, 4.69) is 5.32 Å². The molecule has 1 N–H and O–H groups in total. The molecule has 0 amide bonds. The molecule has 7 heteroatoms. The first-order valence-electron chi connectivity index (χ1n) is 10.9. The molecule has 0 radical (unpaired) electrons. The molecule has 0 aromatic heterocycles. The van der Waals surface area contributed by atoms with Crippen molar-refractivity contribution < 1.29 is 22.7 Å². The van der Waals surface area contributed by atoms with Crippen molar-refractivity contribution in [3.05, 3.63) is 65.0 Å². The van der Waals surface area contributed by atoms with Crippen LogP contribution in [0.4, 0.5) is 13.2 Å². The van der Waals surface area contributed by atoms with Crippen LogP contribution in [0.25, 0.3) is 0 Å². The molecular formula is C24H29BF3NO2. The monoisotopic (exact) mass is 431 g/mol. The van der Waals surface area contributed by atoms with Crippen LogP contribution in [0.15, 0.2) is 36.4 Å². The van der Waals surface area contributed by atoms with E-state index in [1.165, 1.54) is 6.07 Å². The standard InChI is InChI=1S/C24H29BF3NO2/c1-3-31-21(30)13-16-5-4-6-20(29-14(2)15-7-9-17(25)10-8-15)22(16)18-11-12-19(26)24(28)23(18)27/h7-12,14,16,20,22,29H,3-6,13,25H2,1-2H3/t14-,16?,20?,22?/m0/s1. The summed E-state index contributed by atoms with van der Waals surface area (Å²) in [6.45, 7) is 4.03. The van der Waals surface area contributed by atoms with Gasteiger partial charge in [-0.3, -0.25) is 4.79 Å². The lowest BCUT2D eigenvalue weighted by atomic mass is 9.70. The van der Waals surface area contributed by atoms with Crippen molar-refractivity contribution in [2.75, 3.05) is 6.61 Å². The van der Waals surface area contributed by atoms with Crippen LogP contribution in [-0.2, 0) is 9.53 Å². The zero-order valence-electron chi connectivity index (χ0n) is 18.3. The van der Waals surface area contributed by atoms with Crippen molar-refractivity contribution in [3.8, 4) is 0 Å². The second-order valence-corrected chi connectivity index (χ2v) is 8.40. The molecule has 0 aliphatic heterocycles. The lowest BCUT2D eigenvalue weighted by molar-refractivity contribution is -0.144. The molecule has 1 aliphatic carbocycles. The third-order valence-corrected chi connectivity index (χ3v) is 6.23. The molecule has 3 rings (SSSR count). The molecule has 3 nitrogen and oxygen atoms in total. The van der Waals surface area contributed by atoms with Crippen LogP contribution in [-0.4, -0.2) is 26.5 Å². The van der Waals surface area contributed by atoms with Gasteiger partial charge in [-0.25, -0.2) is 13.2 Å². The van der Waals surface area contributed by atoms with Gasteiger partial charge in [0.25, 0.3) is 0 Å². The van der Waals surface area contributed by atoms with E-state index in [1.54, 1.807) is 6.92 Å². The number of carbonyl (C=O) groups is 1. The SMILES string of the molecule is Bc1ccc([C@H](C)NC2CCCC(CC(=O)OCC)C2c2ccc(F)c(F)c2F)cc1. The Morgan fingerprint density at radius 1 is 1.13 bits per heavy atom. The first kappa shape index (κ1) is 23.4. The highest BCUT2D eigenvalue weighted by atomic mass is 19.2. The quantitative estimate of drug-likeness (QED) is 0.411. The highest BCUT2D eigenvalue weighted by Crippen LogP contribution is 2.42. The van der Waals surface area contributed by atoms with Gasteiger partial charge in [-0.15, -0.1) is 0 Å². The largest absolute Gasteiger partial charge is 0.466 e. The average molecular weight is 431 g/mol. The van der Waals surface area contributed by atoms with Gasteiger partial charge in [0.2, 0.25) is 0 Å². The third-order valence-electron chi connectivity index (χ3n) is 6.23. The van der Waals surface area contributed by atoms with Gasteiger partial charge in [0, 0.05) is 24.4 Å². The Labute approximate surface area is 182 Å². The molecule has 166 valence electrons. The second-order valence-electron chi connectivity index (χ2n) is 8.40. The van der Waals surface area contributed by atoms with Crippen molar-refractivity contribution in [2.24, 2.45) is 5.92 Å². The zero-order valence-corrected chi connectivity index (χ0v) is 18.3. The molecule has 0 saturated heterocycles. The molecule has 1 aliphatic rings. The maximum atomic E-state index is 14.8. The van der Waals surface area contributed by atoms with Crippen LogP contribution in [0.3, 0.4) is 0 Å². The fourth-order valence-electron chi connectivity index (χ4n) is 4.68. The first-order valence-corrected chi connectivity index (χ1v) is 10.9. The number of ether oxygens (including phenoxy) is 1. The highest BCUT2D eigenvalue weighted by molar-refractivity contribution is 6.32. The number of halogens is 3. The van der Waals surface area contributed by atoms with Gasteiger partial charge >= 0.3 is 5.97 Å². The fraction of sp³-hybridized carbons (Fsp3) is 0.458. The predicted molar refractivity (Wildman–Crippen MR) is 118 cm³/mol. The molecule has 0 heterocycles. The maximum absolute atomic E-state index is 14.8. The lowest BCUT2D eigenvalue weighted by Crippen LogP contribution is -2.43. The van der Waals surface area contributed by atoms with Gasteiger partial charge in [0.1, 0.15) is 7.85 Å². The van der Waals surface area contributed by atoms with Crippen LogP contribution in [0.5, 0.6) is 0 Å². The topological polar surface area (TPSA) is 38.3 Å². The molecule has 31 heavy (non-hydrogen) atoms. The Hall–Kier alpha value is -2.28. The Bertz CT molecular complexity index is 906. The fourth-order valence-corrected chi connectivity index (χ4v) is 4.68. The first-order chi connectivity index (χ1) is 14.8. The van der Waals surface area contributed by atoms with Gasteiger partial charge in [-0.2, -0.15) is 0 Å². The van der Waals surface area contributed by atoms with Crippen LogP contribution >= 0.6 is 0 Å². The molecule has 0 bridgehead atoms. The summed E-state index contributed by atoms with van der Waals surface area (Å²) in [5.41, 5.74) is 2.36. The number of benzene rings is 2. The molecule has 2 aromatic rings. The van der Waals surface area contributed by atoms with Gasteiger partial charge in [-0.05, 0) is 49.8 Å². The van der Waals surface area contributed by atoms with Crippen LogP contribution in [0, 0.1) is 23.4 Å². The molecule has 4 atom stereocenters. The Morgan fingerprint density at radius 2 is 1.84 bits per heavy atom. The van der Waals surface area contributed by atoms with Crippen LogP contribution in [0.1, 0.15) is 62.6 Å². The predicted octanol–water partition coefficient (Wildman–Crippen LogP) is 3.92. The van der Waals surface area contributed by atoms with E-state index in [0.717, 1.165) is 29.9 Å². The minimum absolute atomic E-state index is 0.0252. The summed E-state index contributed by atoms with van der Waals surface area (Å²) in [6.07, 6.45) is 2.41. The number of hydrogen-bond donors (Lipinski definition) is 1. The summed E-state index contributed by atoms with van der Waals surface area (Å²) in [7, 11) is 2.02. The highest BCUT2D eigenvalue weighted by Gasteiger charge is 2.38. The van der Waals surface area contributed by atoms with E-state index >= 15 is 0 Å².